The number of anilines is 1. The SMILES string of the molecule is CCOCCN(C)c1ccc(CCN)cc1. The lowest BCUT2D eigenvalue weighted by atomic mass is 10.1. The molecule has 3 heteroatoms. The summed E-state index contributed by atoms with van der Waals surface area (Å²) in [6.07, 6.45) is 0.947. The quantitative estimate of drug-likeness (QED) is 0.713. The van der Waals surface area contributed by atoms with E-state index >= 15 is 0 Å². The van der Waals surface area contributed by atoms with E-state index in [1.54, 1.807) is 0 Å². The third-order valence-corrected chi connectivity index (χ3v) is 2.59. The molecule has 0 aliphatic carbocycles. The van der Waals surface area contributed by atoms with Gasteiger partial charge in [0.1, 0.15) is 0 Å². The van der Waals surface area contributed by atoms with Crippen molar-refractivity contribution in [1.82, 2.24) is 0 Å². The van der Waals surface area contributed by atoms with Crippen LogP contribution in [0.25, 0.3) is 0 Å². The topological polar surface area (TPSA) is 38.5 Å². The Hall–Kier alpha value is -1.06. The van der Waals surface area contributed by atoms with Crippen molar-refractivity contribution in [1.29, 1.82) is 0 Å². The van der Waals surface area contributed by atoms with Gasteiger partial charge in [0.15, 0.2) is 0 Å². The Labute approximate surface area is 98.2 Å². The van der Waals surface area contributed by atoms with Crippen LogP contribution in [-0.4, -0.2) is 33.4 Å². The molecule has 1 aromatic rings. The van der Waals surface area contributed by atoms with Crippen LogP contribution in [0.4, 0.5) is 5.69 Å². The van der Waals surface area contributed by atoms with Crippen molar-refractivity contribution in [3.05, 3.63) is 29.8 Å². The van der Waals surface area contributed by atoms with Gasteiger partial charge in [0, 0.05) is 25.9 Å². The molecule has 1 aromatic carbocycles. The average molecular weight is 222 g/mol. The summed E-state index contributed by atoms with van der Waals surface area (Å²) >= 11 is 0. The summed E-state index contributed by atoms with van der Waals surface area (Å²) in [5, 5.41) is 0. The van der Waals surface area contributed by atoms with Crippen molar-refractivity contribution < 1.29 is 4.74 Å². The second-order valence-corrected chi connectivity index (χ2v) is 3.82. The molecule has 3 nitrogen and oxygen atoms in total. The van der Waals surface area contributed by atoms with Crippen molar-refractivity contribution >= 4 is 5.69 Å². The number of benzene rings is 1. The summed E-state index contributed by atoms with van der Waals surface area (Å²) < 4.78 is 5.33. The second-order valence-electron chi connectivity index (χ2n) is 3.82. The van der Waals surface area contributed by atoms with Crippen LogP contribution in [0, 0.1) is 0 Å². The van der Waals surface area contributed by atoms with Crippen LogP contribution in [0.15, 0.2) is 24.3 Å². The van der Waals surface area contributed by atoms with E-state index in [9.17, 15) is 0 Å². The lowest BCUT2D eigenvalue weighted by molar-refractivity contribution is 0.154. The third kappa shape index (κ3) is 4.21. The summed E-state index contributed by atoms with van der Waals surface area (Å²) in [5.74, 6) is 0. The highest BCUT2D eigenvalue weighted by atomic mass is 16.5. The van der Waals surface area contributed by atoms with Crippen molar-refractivity contribution in [3.8, 4) is 0 Å². The minimum atomic E-state index is 0.708. The smallest absolute Gasteiger partial charge is 0.0641 e. The van der Waals surface area contributed by atoms with E-state index in [1.807, 2.05) is 6.92 Å². The van der Waals surface area contributed by atoms with Gasteiger partial charge in [-0.05, 0) is 37.6 Å². The largest absolute Gasteiger partial charge is 0.380 e. The maximum Gasteiger partial charge on any atom is 0.0641 e. The molecule has 1 rings (SSSR count). The first kappa shape index (κ1) is 13.0. The molecule has 0 bridgehead atoms. The Morgan fingerprint density at radius 3 is 2.50 bits per heavy atom. The average Bonchev–Trinajstić information content (AvgIpc) is 2.30. The number of nitrogens with zero attached hydrogens (tertiary/aromatic N) is 1. The fourth-order valence-electron chi connectivity index (χ4n) is 1.56. The van der Waals surface area contributed by atoms with E-state index in [0.717, 1.165) is 26.2 Å². The van der Waals surface area contributed by atoms with E-state index in [1.165, 1.54) is 11.3 Å². The van der Waals surface area contributed by atoms with Crippen LogP contribution in [0.5, 0.6) is 0 Å². The molecule has 0 atom stereocenters. The molecule has 0 amide bonds. The van der Waals surface area contributed by atoms with Gasteiger partial charge in [-0.2, -0.15) is 0 Å². The van der Waals surface area contributed by atoms with Crippen LogP contribution in [0.2, 0.25) is 0 Å². The molecule has 0 spiro atoms. The van der Waals surface area contributed by atoms with E-state index in [-0.39, 0.29) is 0 Å². The molecule has 16 heavy (non-hydrogen) atoms. The molecule has 0 aromatic heterocycles. The summed E-state index contributed by atoms with van der Waals surface area (Å²) in [4.78, 5) is 2.20. The molecule has 0 saturated carbocycles. The molecule has 0 fully saturated rings. The molecule has 2 N–H and O–H groups in total. The van der Waals surface area contributed by atoms with Gasteiger partial charge in [0.05, 0.1) is 6.61 Å². The predicted molar refractivity (Wildman–Crippen MR) is 69.0 cm³/mol. The Balaban J connectivity index is 2.46. The normalized spacial score (nSPS) is 10.4. The zero-order chi connectivity index (χ0) is 11.8. The number of rotatable bonds is 7. The maximum absolute atomic E-state index is 5.51. The fourth-order valence-corrected chi connectivity index (χ4v) is 1.56. The molecular formula is C13H22N2O. The Morgan fingerprint density at radius 2 is 1.94 bits per heavy atom. The molecule has 0 aliphatic heterocycles. The van der Waals surface area contributed by atoms with Crippen LogP contribution < -0.4 is 10.6 Å². The third-order valence-electron chi connectivity index (χ3n) is 2.59. The number of ether oxygens (including phenoxy) is 1. The van der Waals surface area contributed by atoms with Gasteiger partial charge < -0.3 is 15.4 Å². The van der Waals surface area contributed by atoms with Crippen molar-refractivity contribution in [2.24, 2.45) is 5.73 Å². The van der Waals surface area contributed by atoms with Crippen LogP contribution in [0.1, 0.15) is 12.5 Å². The van der Waals surface area contributed by atoms with Crippen LogP contribution >= 0.6 is 0 Å². The Morgan fingerprint density at radius 1 is 1.25 bits per heavy atom. The van der Waals surface area contributed by atoms with E-state index in [4.69, 9.17) is 10.5 Å². The summed E-state index contributed by atoms with van der Waals surface area (Å²) in [6.45, 7) is 5.20. The van der Waals surface area contributed by atoms with Crippen molar-refractivity contribution in [2.45, 2.75) is 13.3 Å². The fraction of sp³-hybridized carbons (Fsp3) is 0.538. The van der Waals surface area contributed by atoms with Gasteiger partial charge in [-0.15, -0.1) is 0 Å². The van der Waals surface area contributed by atoms with Gasteiger partial charge >= 0.3 is 0 Å². The zero-order valence-electron chi connectivity index (χ0n) is 10.3. The molecule has 0 saturated heterocycles. The van der Waals surface area contributed by atoms with E-state index in [2.05, 4.69) is 36.2 Å². The van der Waals surface area contributed by atoms with Crippen molar-refractivity contribution in [3.63, 3.8) is 0 Å². The predicted octanol–water partition coefficient (Wildman–Crippen LogP) is 1.66. The van der Waals surface area contributed by atoms with Gasteiger partial charge in [0.2, 0.25) is 0 Å². The summed E-state index contributed by atoms with van der Waals surface area (Å²) in [7, 11) is 2.08. The number of hydrogen-bond donors (Lipinski definition) is 1. The molecule has 0 heterocycles. The highest BCUT2D eigenvalue weighted by Gasteiger charge is 2.00. The molecular weight excluding hydrogens is 200 g/mol. The first-order valence-electron chi connectivity index (χ1n) is 5.85. The lowest BCUT2D eigenvalue weighted by Crippen LogP contribution is -2.22. The van der Waals surface area contributed by atoms with Crippen molar-refractivity contribution in [2.75, 3.05) is 38.3 Å². The Bertz CT molecular complexity index is 284. The van der Waals surface area contributed by atoms with Gasteiger partial charge in [-0.3, -0.25) is 0 Å². The minimum absolute atomic E-state index is 0.708. The number of likely N-dealkylation sites (N-methyl/N-ethyl adjacent to an activating group) is 1. The molecule has 0 unspecified atom stereocenters. The molecule has 0 aliphatic rings. The highest BCUT2D eigenvalue weighted by Crippen LogP contribution is 2.13. The minimum Gasteiger partial charge on any atom is -0.380 e. The van der Waals surface area contributed by atoms with Crippen LogP contribution in [-0.2, 0) is 11.2 Å². The molecule has 0 radical (unpaired) electrons. The highest BCUT2D eigenvalue weighted by molar-refractivity contribution is 5.46. The van der Waals surface area contributed by atoms with Gasteiger partial charge in [-0.1, -0.05) is 12.1 Å². The first-order valence-corrected chi connectivity index (χ1v) is 5.85. The maximum atomic E-state index is 5.51. The number of nitrogens with two attached hydrogens (primary N) is 1. The van der Waals surface area contributed by atoms with E-state index in [0.29, 0.717) is 6.54 Å². The van der Waals surface area contributed by atoms with Crippen LogP contribution in [0.3, 0.4) is 0 Å². The Kier molecular flexibility index (Phi) is 5.90. The molecule has 90 valence electrons. The van der Waals surface area contributed by atoms with E-state index < -0.39 is 0 Å². The summed E-state index contributed by atoms with van der Waals surface area (Å²) in [5.41, 5.74) is 8.03. The zero-order valence-corrected chi connectivity index (χ0v) is 10.3. The summed E-state index contributed by atoms with van der Waals surface area (Å²) in [6, 6.07) is 8.55. The standard InChI is InChI=1S/C13H22N2O/c1-3-16-11-10-15(2)13-6-4-12(5-7-13)8-9-14/h4-7H,3,8-11,14H2,1-2H3. The van der Waals surface area contributed by atoms with Gasteiger partial charge in [-0.25, -0.2) is 0 Å². The monoisotopic (exact) mass is 222 g/mol. The number of hydrogen-bond acceptors (Lipinski definition) is 3. The van der Waals surface area contributed by atoms with Gasteiger partial charge in [0.25, 0.3) is 0 Å². The lowest BCUT2D eigenvalue weighted by Gasteiger charge is -2.19. The second kappa shape index (κ2) is 7.25. The first-order chi connectivity index (χ1) is 7.77.